The highest BCUT2D eigenvalue weighted by Crippen LogP contribution is 2.25. The zero-order valence-electron chi connectivity index (χ0n) is 10.8. The second kappa shape index (κ2) is 7.17. The maximum absolute atomic E-state index is 9.64. The largest absolute Gasteiger partial charge is 0.493 e. The summed E-state index contributed by atoms with van der Waals surface area (Å²) in [5, 5.41) is 9.64. The number of hydrogen-bond donors (Lipinski definition) is 1. The zero-order valence-corrected chi connectivity index (χ0v) is 10.8. The minimum absolute atomic E-state index is 0.240. The van der Waals surface area contributed by atoms with Crippen molar-refractivity contribution in [1.82, 2.24) is 0 Å². The van der Waals surface area contributed by atoms with Gasteiger partial charge in [-0.05, 0) is 30.9 Å². The molecule has 0 aliphatic heterocycles. The molecule has 0 saturated heterocycles. The molecule has 96 valence electrons. The predicted octanol–water partition coefficient (Wildman–Crippen LogP) is 2.87. The first-order valence-electron chi connectivity index (χ1n) is 6.09. The second-order valence-corrected chi connectivity index (χ2v) is 4.45. The number of benzene rings is 1. The van der Waals surface area contributed by atoms with Crippen molar-refractivity contribution >= 4 is 0 Å². The Labute approximate surface area is 103 Å². The molecule has 0 aromatic heterocycles. The van der Waals surface area contributed by atoms with Crippen LogP contribution in [0.2, 0.25) is 0 Å². The van der Waals surface area contributed by atoms with E-state index >= 15 is 0 Å². The molecule has 0 aliphatic rings. The van der Waals surface area contributed by atoms with Gasteiger partial charge in [0.25, 0.3) is 0 Å². The summed E-state index contributed by atoms with van der Waals surface area (Å²) in [6.07, 6.45) is 1.38. The van der Waals surface area contributed by atoms with Crippen LogP contribution in [0.3, 0.4) is 0 Å². The summed E-state index contributed by atoms with van der Waals surface area (Å²) < 4.78 is 10.8. The Kier molecular flexibility index (Phi) is 5.84. The summed E-state index contributed by atoms with van der Waals surface area (Å²) in [6, 6.07) is 7.59. The Morgan fingerprint density at radius 3 is 2.41 bits per heavy atom. The van der Waals surface area contributed by atoms with Crippen molar-refractivity contribution in [2.45, 2.75) is 32.8 Å². The molecule has 1 aromatic carbocycles. The van der Waals surface area contributed by atoms with Gasteiger partial charge in [-0.1, -0.05) is 26.0 Å². The third kappa shape index (κ3) is 4.65. The lowest BCUT2D eigenvalue weighted by atomic mass is 10.0. The molecule has 0 saturated carbocycles. The zero-order chi connectivity index (χ0) is 12.7. The molecule has 1 atom stereocenters. The number of rotatable bonds is 7. The number of aliphatic hydroxyl groups excluding tert-OH is 1. The van der Waals surface area contributed by atoms with Crippen molar-refractivity contribution in [2.24, 2.45) is 5.92 Å². The number of para-hydroxylation sites is 2. The summed E-state index contributed by atoms with van der Waals surface area (Å²) in [7, 11) is 1.63. The minimum Gasteiger partial charge on any atom is -0.493 e. The normalized spacial score (nSPS) is 12.5. The van der Waals surface area contributed by atoms with Crippen LogP contribution in [0.1, 0.15) is 26.7 Å². The fourth-order valence-electron chi connectivity index (χ4n) is 1.55. The fourth-order valence-corrected chi connectivity index (χ4v) is 1.55. The van der Waals surface area contributed by atoms with Crippen molar-refractivity contribution in [1.29, 1.82) is 0 Å². The van der Waals surface area contributed by atoms with Gasteiger partial charge in [-0.2, -0.15) is 0 Å². The van der Waals surface area contributed by atoms with Crippen molar-refractivity contribution in [3.05, 3.63) is 24.3 Å². The molecule has 0 bridgehead atoms. The van der Waals surface area contributed by atoms with Crippen LogP contribution < -0.4 is 9.47 Å². The summed E-state index contributed by atoms with van der Waals surface area (Å²) in [4.78, 5) is 0. The van der Waals surface area contributed by atoms with Crippen molar-refractivity contribution in [2.75, 3.05) is 13.7 Å². The van der Waals surface area contributed by atoms with Crippen molar-refractivity contribution < 1.29 is 14.6 Å². The van der Waals surface area contributed by atoms with Gasteiger partial charge in [0.2, 0.25) is 0 Å². The van der Waals surface area contributed by atoms with E-state index in [1.165, 1.54) is 0 Å². The molecule has 0 fully saturated rings. The van der Waals surface area contributed by atoms with Crippen LogP contribution in [-0.2, 0) is 0 Å². The van der Waals surface area contributed by atoms with E-state index in [1.54, 1.807) is 7.11 Å². The van der Waals surface area contributed by atoms with Crippen LogP contribution in [0.25, 0.3) is 0 Å². The molecule has 17 heavy (non-hydrogen) atoms. The topological polar surface area (TPSA) is 38.7 Å². The standard InChI is InChI=1S/C14H22O3/c1-11(2)12(15)7-6-10-17-14-9-5-4-8-13(14)16-3/h4-5,8-9,11-12,15H,6-7,10H2,1-3H3. The van der Waals surface area contributed by atoms with Gasteiger partial charge in [0.1, 0.15) is 0 Å². The number of hydrogen-bond acceptors (Lipinski definition) is 3. The van der Waals surface area contributed by atoms with E-state index in [0.717, 1.165) is 24.3 Å². The molecule has 0 spiro atoms. The molecular weight excluding hydrogens is 216 g/mol. The Balaban J connectivity index is 2.31. The first kappa shape index (κ1) is 13.8. The Morgan fingerprint density at radius 1 is 1.18 bits per heavy atom. The monoisotopic (exact) mass is 238 g/mol. The van der Waals surface area contributed by atoms with E-state index < -0.39 is 0 Å². The van der Waals surface area contributed by atoms with Crippen LogP contribution in [0.4, 0.5) is 0 Å². The molecule has 1 aromatic rings. The molecule has 3 heteroatoms. The number of ether oxygens (including phenoxy) is 2. The van der Waals surface area contributed by atoms with Gasteiger partial charge in [-0.25, -0.2) is 0 Å². The van der Waals surface area contributed by atoms with Crippen LogP contribution in [0, 0.1) is 5.92 Å². The predicted molar refractivity (Wildman–Crippen MR) is 68.6 cm³/mol. The fraction of sp³-hybridized carbons (Fsp3) is 0.571. The molecule has 0 heterocycles. The molecule has 3 nitrogen and oxygen atoms in total. The lowest BCUT2D eigenvalue weighted by molar-refractivity contribution is 0.108. The average Bonchev–Trinajstić information content (AvgIpc) is 2.34. The first-order valence-corrected chi connectivity index (χ1v) is 6.09. The summed E-state index contributed by atoms with van der Waals surface area (Å²) in [5.41, 5.74) is 0. The van der Waals surface area contributed by atoms with E-state index in [4.69, 9.17) is 9.47 Å². The lowest BCUT2D eigenvalue weighted by Gasteiger charge is -2.14. The van der Waals surface area contributed by atoms with Gasteiger partial charge >= 0.3 is 0 Å². The SMILES string of the molecule is COc1ccccc1OCCCC(O)C(C)C. The second-order valence-electron chi connectivity index (χ2n) is 4.45. The quantitative estimate of drug-likeness (QED) is 0.742. The summed E-state index contributed by atoms with van der Waals surface area (Å²) >= 11 is 0. The van der Waals surface area contributed by atoms with Crippen molar-refractivity contribution in [3.8, 4) is 11.5 Å². The van der Waals surface area contributed by atoms with Crippen LogP contribution >= 0.6 is 0 Å². The molecule has 0 amide bonds. The number of aliphatic hydroxyl groups is 1. The van der Waals surface area contributed by atoms with Gasteiger partial charge in [0.15, 0.2) is 11.5 Å². The molecule has 1 N–H and O–H groups in total. The smallest absolute Gasteiger partial charge is 0.161 e. The molecule has 0 radical (unpaired) electrons. The van der Waals surface area contributed by atoms with E-state index in [0.29, 0.717) is 12.5 Å². The third-order valence-corrected chi connectivity index (χ3v) is 2.74. The molecule has 1 rings (SSSR count). The number of methoxy groups -OCH3 is 1. The highest BCUT2D eigenvalue weighted by Gasteiger charge is 2.08. The first-order chi connectivity index (χ1) is 8.15. The molecule has 0 aliphatic carbocycles. The minimum atomic E-state index is -0.240. The van der Waals surface area contributed by atoms with Gasteiger partial charge < -0.3 is 14.6 Å². The third-order valence-electron chi connectivity index (χ3n) is 2.74. The van der Waals surface area contributed by atoms with Crippen LogP contribution in [0.5, 0.6) is 11.5 Å². The lowest BCUT2D eigenvalue weighted by Crippen LogP contribution is -2.15. The summed E-state index contributed by atoms with van der Waals surface area (Å²) in [5.74, 6) is 1.81. The van der Waals surface area contributed by atoms with Gasteiger partial charge in [0.05, 0.1) is 19.8 Å². The average molecular weight is 238 g/mol. The van der Waals surface area contributed by atoms with Crippen LogP contribution in [0.15, 0.2) is 24.3 Å². The highest BCUT2D eigenvalue weighted by molar-refractivity contribution is 5.39. The van der Waals surface area contributed by atoms with E-state index in [1.807, 2.05) is 38.1 Å². The summed E-state index contributed by atoms with van der Waals surface area (Å²) in [6.45, 7) is 4.64. The maximum atomic E-state index is 9.64. The Hall–Kier alpha value is -1.22. The van der Waals surface area contributed by atoms with Crippen LogP contribution in [-0.4, -0.2) is 24.9 Å². The highest BCUT2D eigenvalue weighted by atomic mass is 16.5. The molecular formula is C14H22O3. The Morgan fingerprint density at radius 2 is 1.82 bits per heavy atom. The van der Waals surface area contributed by atoms with Gasteiger partial charge in [-0.15, -0.1) is 0 Å². The Bertz CT molecular complexity index is 323. The molecule has 1 unspecified atom stereocenters. The van der Waals surface area contributed by atoms with E-state index in [-0.39, 0.29) is 6.10 Å². The van der Waals surface area contributed by atoms with Crippen molar-refractivity contribution in [3.63, 3.8) is 0 Å². The van der Waals surface area contributed by atoms with E-state index in [2.05, 4.69) is 0 Å². The van der Waals surface area contributed by atoms with Gasteiger partial charge in [-0.3, -0.25) is 0 Å². The maximum Gasteiger partial charge on any atom is 0.161 e. The van der Waals surface area contributed by atoms with E-state index in [9.17, 15) is 5.11 Å². The van der Waals surface area contributed by atoms with Gasteiger partial charge in [0, 0.05) is 0 Å².